The van der Waals surface area contributed by atoms with Gasteiger partial charge in [-0.15, -0.1) is 0 Å². The predicted molar refractivity (Wildman–Crippen MR) is 80.0 cm³/mol. The Labute approximate surface area is 121 Å². The molecule has 1 saturated carbocycles. The van der Waals surface area contributed by atoms with Gasteiger partial charge >= 0.3 is 0 Å². The van der Waals surface area contributed by atoms with Crippen LogP contribution in [-0.4, -0.2) is 15.0 Å². The molecule has 0 unspecified atom stereocenters. The van der Waals surface area contributed by atoms with E-state index in [0.29, 0.717) is 5.92 Å². The molecule has 1 aromatic carbocycles. The van der Waals surface area contributed by atoms with E-state index in [2.05, 4.69) is 6.58 Å². The van der Waals surface area contributed by atoms with E-state index in [9.17, 15) is 8.42 Å². The lowest BCUT2D eigenvalue weighted by molar-refractivity contribution is 0.262. The lowest BCUT2D eigenvalue weighted by Crippen LogP contribution is -2.13. The van der Waals surface area contributed by atoms with E-state index in [-0.39, 0.29) is 11.5 Å². The molecule has 0 N–H and O–H groups in total. The minimum absolute atomic E-state index is 0.236. The molecule has 2 rings (SSSR count). The summed E-state index contributed by atoms with van der Waals surface area (Å²) in [5.74, 6) is 0.564. The van der Waals surface area contributed by atoms with Crippen LogP contribution >= 0.6 is 0 Å². The van der Waals surface area contributed by atoms with Crippen molar-refractivity contribution in [3.63, 3.8) is 0 Å². The molecule has 0 spiro atoms. The molecule has 0 atom stereocenters. The van der Waals surface area contributed by atoms with Gasteiger partial charge in [-0.05, 0) is 57.1 Å². The van der Waals surface area contributed by atoms with E-state index >= 15 is 0 Å². The van der Waals surface area contributed by atoms with Crippen LogP contribution in [0.25, 0.3) is 0 Å². The van der Waals surface area contributed by atoms with Gasteiger partial charge in [-0.1, -0.05) is 29.8 Å². The van der Waals surface area contributed by atoms with Crippen LogP contribution in [0, 0.1) is 12.8 Å². The van der Waals surface area contributed by atoms with E-state index in [0.717, 1.165) is 37.7 Å². The van der Waals surface area contributed by atoms with E-state index in [1.807, 2.05) is 6.92 Å². The normalized spacial score (nSPS) is 17.4. The average Bonchev–Trinajstić information content (AvgIpc) is 2.41. The molecule has 20 heavy (non-hydrogen) atoms. The Morgan fingerprint density at radius 2 is 1.80 bits per heavy atom. The fourth-order valence-corrected chi connectivity index (χ4v) is 3.39. The van der Waals surface area contributed by atoms with Crippen LogP contribution in [0.4, 0.5) is 0 Å². The number of hydrogen-bond acceptors (Lipinski definition) is 3. The summed E-state index contributed by atoms with van der Waals surface area (Å²) in [6.45, 7) is 6.18. The molecule has 0 bridgehead atoms. The molecule has 0 amide bonds. The van der Waals surface area contributed by atoms with Crippen molar-refractivity contribution < 1.29 is 12.6 Å². The monoisotopic (exact) mass is 294 g/mol. The lowest BCUT2D eigenvalue weighted by atomic mass is 9.85. The third-order valence-electron chi connectivity index (χ3n) is 3.89. The molecule has 1 fully saturated rings. The highest BCUT2D eigenvalue weighted by atomic mass is 32.2. The third kappa shape index (κ3) is 4.18. The number of hydrogen-bond donors (Lipinski definition) is 0. The predicted octanol–water partition coefficient (Wildman–Crippen LogP) is 3.84. The van der Waals surface area contributed by atoms with Crippen molar-refractivity contribution >= 4 is 10.1 Å². The van der Waals surface area contributed by atoms with Crippen LogP contribution in [0.15, 0.2) is 41.3 Å². The van der Waals surface area contributed by atoms with Gasteiger partial charge < -0.3 is 0 Å². The maximum absolute atomic E-state index is 12.0. The Bertz CT molecular complexity index is 548. The number of aryl methyl sites for hydroxylation is 1. The van der Waals surface area contributed by atoms with Crippen molar-refractivity contribution in [3.8, 4) is 0 Å². The fourth-order valence-electron chi connectivity index (χ4n) is 2.47. The number of allylic oxidation sites excluding steroid dienone is 1. The molecule has 0 saturated heterocycles. The summed E-state index contributed by atoms with van der Waals surface area (Å²) < 4.78 is 29.1. The van der Waals surface area contributed by atoms with Gasteiger partial charge in [0.25, 0.3) is 10.1 Å². The number of benzene rings is 1. The average molecular weight is 294 g/mol. The molecular weight excluding hydrogens is 272 g/mol. The molecule has 1 aliphatic carbocycles. The molecule has 0 aliphatic heterocycles. The summed E-state index contributed by atoms with van der Waals surface area (Å²) in [7, 11) is -3.61. The smallest absolute Gasteiger partial charge is 0.266 e. The Morgan fingerprint density at radius 1 is 1.20 bits per heavy atom. The Morgan fingerprint density at radius 3 is 2.40 bits per heavy atom. The SMILES string of the molecule is C=C1CCC(CCOS(=O)(=O)c2ccc(C)cc2)CC1. The van der Waals surface area contributed by atoms with Crippen molar-refractivity contribution in [2.45, 2.75) is 43.9 Å². The minimum atomic E-state index is -3.61. The summed E-state index contributed by atoms with van der Waals surface area (Å²) in [6.07, 6.45) is 5.14. The lowest BCUT2D eigenvalue weighted by Gasteiger charge is -2.22. The van der Waals surface area contributed by atoms with Crippen LogP contribution < -0.4 is 0 Å². The summed E-state index contributed by atoms with van der Waals surface area (Å²) in [5, 5.41) is 0. The molecule has 0 aromatic heterocycles. The molecule has 1 aliphatic rings. The van der Waals surface area contributed by atoms with Gasteiger partial charge in [0.05, 0.1) is 11.5 Å². The van der Waals surface area contributed by atoms with Crippen molar-refractivity contribution in [2.75, 3.05) is 6.61 Å². The summed E-state index contributed by atoms with van der Waals surface area (Å²) >= 11 is 0. The maximum Gasteiger partial charge on any atom is 0.296 e. The number of rotatable bonds is 5. The van der Waals surface area contributed by atoms with Crippen LogP contribution in [-0.2, 0) is 14.3 Å². The highest BCUT2D eigenvalue weighted by Crippen LogP contribution is 2.29. The fraction of sp³-hybridized carbons (Fsp3) is 0.500. The topological polar surface area (TPSA) is 43.4 Å². The molecular formula is C16H22O3S. The Kier molecular flexibility index (Phi) is 5.00. The standard InChI is InChI=1S/C16H22O3S/c1-13-3-7-15(8-4-13)11-12-19-20(17,18)16-9-5-14(2)6-10-16/h5-6,9-10,15H,1,3-4,7-8,11-12H2,2H3. The van der Waals surface area contributed by atoms with Crippen molar-refractivity contribution in [1.82, 2.24) is 0 Å². The van der Waals surface area contributed by atoms with Crippen LogP contribution in [0.5, 0.6) is 0 Å². The van der Waals surface area contributed by atoms with Gasteiger partial charge in [-0.25, -0.2) is 0 Å². The molecule has 0 heterocycles. The van der Waals surface area contributed by atoms with Gasteiger partial charge in [-0.3, -0.25) is 4.18 Å². The quantitative estimate of drug-likeness (QED) is 0.612. The highest BCUT2D eigenvalue weighted by Gasteiger charge is 2.18. The molecule has 0 radical (unpaired) electrons. The maximum atomic E-state index is 12.0. The van der Waals surface area contributed by atoms with Gasteiger partial charge in [0.15, 0.2) is 0 Å². The second kappa shape index (κ2) is 6.55. The van der Waals surface area contributed by atoms with E-state index < -0.39 is 10.1 Å². The second-order valence-corrected chi connectivity index (χ2v) is 7.19. The first-order valence-corrected chi connectivity index (χ1v) is 8.51. The largest absolute Gasteiger partial charge is 0.296 e. The van der Waals surface area contributed by atoms with E-state index in [1.165, 1.54) is 5.57 Å². The van der Waals surface area contributed by atoms with E-state index in [4.69, 9.17) is 4.18 Å². The zero-order valence-electron chi connectivity index (χ0n) is 12.0. The zero-order chi connectivity index (χ0) is 14.6. The van der Waals surface area contributed by atoms with Crippen LogP contribution in [0.3, 0.4) is 0 Å². The molecule has 110 valence electrons. The van der Waals surface area contributed by atoms with Gasteiger partial charge in [0.2, 0.25) is 0 Å². The van der Waals surface area contributed by atoms with Crippen LogP contribution in [0.2, 0.25) is 0 Å². The van der Waals surface area contributed by atoms with Gasteiger partial charge in [-0.2, -0.15) is 8.42 Å². The third-order valence-corrected chi connectivity index (χ3v) is 5.21. The first-order valence-electron chi connectivity index (χ1n) is 7.10. The van der Waals surface area contributed by atoms with Crippen molar-refractivity contribution in [3.05, 3.63) is 42.0 Å². The first kappa shape index (κ1) is 15.3. The molecule has 1 aromatic rings. The van der Waals surface area contributed by atoms with E-state index in [1.54, 1.807) is 24.3 Å². The van der Waals surface area contributed by atoms with Gasteiger partial charge in [0, 0.05) is 0 Å². The van der Waals surface area contributed by atoms with Crippen LogP contribution in [0.1, 0.15) is 37.7 Å². The van der Waals surface area contributed by atoms with Gasteiger partial charge in [0.1, 0.15) is 0 Å². The first-order chi connectivity index (χ1) is 9.47. The Balaban J connectivity index is 1.83. The summed E-state index contributed by atoms with van der Waals surface area (Å²) in [4.78, 5) is 0.236. The Hall–Kier alpha value is -1.13. The summed E-state index contributed by atoms with van der Waals surface area (Å²) in [5.41, 5.74) is 2.35. The van der Waals surface area contributed by atoms with Crippen molar-refractivity contribution in [2.24, 2.45) is 5.92 Å². The molecule has 3 nitrogen and oxygen atoms in total. The second-order valence-electron chi connectivity index (χ2n) is 5.57. The summed E-state index contributed by atoms with van der Waals surface area (Å²) in [6, 6.07) is 6.75. The highest BCUT2D eigenvalue weighted by molar-refractivity contribution is 7.86. The molecule has 4 heteroatoms. The minimum Gasteiger partial charge on any atom is -0.266 e. The zero-order valence-corrected chi connectivity index (χ0v) is 12.8. The van der Waals surface area contributed by atoms with Crippen molar-refractivity contribution in [1.29, 1.82) is 0 Å².